The molecule has 0 aliphatic rings. The molecule has 1 aromatic carbocycles. The summed E-state index contributed by atoms with van der Waals surface area (Å²) in [5.41, 5.74) is 0.997. The van der Waals surface area contributed by atoms with Gasteiger partial charge in [0.05, 0.1) is 8.71 Å². The molecule has 2 rings (SSSR count). The third-order valence-electron chi connectivity index (χ3n) is 1.91. The molecule has 0 bridgehead atoms. The van der Waals surface area contributed by atoms with Crippen LogP contribution in [0.1, 0.15) is 0 Å². The molecule has 0 fully saturated rings. The van der Waals surface area contributed by atoms with E-state index in [0.29, 0.717) is 0 Å². The summed E-state index contributed by atoms with van der Waals surface area (Å²) in [6.07, 6.45) is 0. The highest BCUT2D eigenvalue weighted by Gasteiger charge is 2.08. The smallest absolute Gasteiger partial charge is 0.258 e. The number of nitro benzene ring substituents is 1. The topological polar surface area (TPSA) is 43.1 Å². The zero-order chi connectivity index (χ0) is 10.8. The molecule has 2 aromatic rings. The van der Waals surface area contributed by atoms with E-state index in [9.17, 15) is 10.1 Å². The number of hydrogen-bond acceptors (Lipinski definition) is 3. The largest absolute Gasteiger partial charge is 0.270 e. The Kier molecular flexibility index (Phi) is 2.83. The molecule has 0 aliphatic carbocycles. The van der Waals surface area contributed by atoms with Gasteiger partial charge >= 0.3 is 0 Å². The van der Waals surface area contributed by atoms with E-state index in [2.05, 4.69) is 15.9 Å². The molecule has 0 atom stereocenters. The molecule has 0 amide bonds. The van der Waals surface area contributed by atoms with Crippen molar-refractivity contribution >= 4 is 33.0 Å². The van der Waals surface area contributed by atoms with Crippen LogP contribution in [0, 0.1) is 10.1 Å². The predicted molar refractivity (Wildman–Crippen MR) is 64.1 cm³/mol. The normalized spacial score (nSPS) is 10.2. The van der Waals surface area contributed by atoms with E-state index < -0.39 is 0 Å². The maximum absolute atomic E-state index is 10.6. The maximum atomic E-state index is 10.6. The summed E-state index contributed by atoms with van der Waals surface area (Å²) in [7, 11) is 0. The van der Waals surface area contributed by atoms with Crippen molar-refractivity contribution < 1.29 is 4.92 Å². The van der Waals surface area contributed by atoms with Gasteiger partial charge in [0.1, 0.15) is 0 Å². The first-order valence-corrected chi connectivity index (χ1v) is 5.78. The molecular weight excluding hydrogens is 278 g/mol. The van der Waals surface area contributed by atoms with Gasteiger partial charge in [-0.3, -0.25) is 10.1 Å². The van der Waals surface area contributed by atoms with Crippen molar-refractivity contribution in [1.82, 2.24) is 0 Å². The van der Waals surface area contributed by atoms with E-state index >= 15 is 0 Å². The van der Waals surface area contributed by atoms with Gasteiger partial charge in [0.2, 0.25) is 0 Å². The molecule has 1 heterocycles. The molecule has 15 heavy (non-hydrogen) atoms. The molecular formula is C10H6BrNO2S. The second-order valence-electron chi connectivity index (χ2n) is 2.91. The van der Waals surface area contributed by atoms with Gasteiger partial charge in [0.15, 0.2) is 0 Å². The first-order chi connectivity index (χ1) is 7.16. The number of nitro groups is 1. The number of hydrogen-bond donors (Lipinski definition) is 0. The van der Waals surface area contributed by atoms with Crippen LogP contribution in [-0.2, 0) is 0 Å². The minimum absolute atomic E-state index is 0.122. The van der Waals surface area contributed by atoms with E-state index in [-0.39, 0.29) is 10.6 Å². The Bertz CT molecular complexity index is 510. The van der Waals surface area contributed by atoms with E-state index in [4.69, 9.17) is 0 Å². The summed E-state index contributed by atoms with van der Waals surface area (Å²) < 4.78 is 1.02. The number of benzene rings is 1. The van der Waals surface area contributed by atoms with E-state index in [1.165, 1.54) is 6.07 Å². The van der Waals surface area contributed by atoms with Crippen molar-refractivity contribution in [2.45, 2.75) is 0 Å². The lowest BCUT2D eigenvalue weighted by atomic mass is 10.2. The Morgan fingerprint density at radius 2 is 2.07 bits per heavy atom. The van der Waals surface area contributed by atoms with Gasteiger partial charge in [0, 0.05) is 17.0 Å². The van der Waals surface area contributed by atoms with Crippen LogP contribution in [0.5, 0.6) is 0 Å². The summed E-state index contributed by atoms with van der Waals surface area (Å²) in [5.74, 6) is 0. The van der Waals surface area contributed by atoms with Crippen molar-refractivity contribution in [2.24, 2.45) is 0 Å². The monoisotopic (exact) mass is 283 g/mol. The third kappa shape index (κ3) is 2.24. The van der Waals surface area contributed by atoms with Gasteiger partial charge in [-0.05, 0) is 33.6 Å². The first-order valence-electron chi connectivity index (χ1n) is 4.17. The van der Waals surface area contributed by atoms with Crippen molar-refractivity contribution in [3.63, 3.8) is 0 Å². The molecule has 0 aliphatic heterocycles. The standard InChI is InChI=1S/C10H6BrNO2S/c11-10-5-4-9(15-10)7-2-1-3-8(6-7)12(13)14/h1-6H. The quantitative estimate of drug-likeness (QED) is 0.616. The fourth-order valence-electron chi connectivity index (χ4n) is 1.24. The Labute approximate surface area is 98.6 Å². The molecule has 1 aromatic heterocycles. The Morgan fingerprint density at radius 1 is 1.27 bits per heavy atom. The second kappa shape index (κ2) is 4.12. The fraction of sp³-hybridized carbons (Fsp3) is 0. The van der Waals surface area contributed by atoms with E-state index in [1.807, 2.05) is 18.2 Å². The highest BCUT2D eigenvalue weighted by Crippen LogP contribution is 2.32. The molecule has 5 heteroatoms. The van der Waals surface area contributed by atoms with Gasteiger partial charge in [-0.15, -0.1) is 11.3 Å². The summed E-state index contributed by atoms with van der Waals surface area (Å²) in [5, 5.41) is 10.6. The molecule has 0 saturated carbocycles. The second-order valence-corrected chi connectivity index (χ2v) is 5.37. The van der Waals surface area contributed by atoms with Crippen molar-refractivity contribution in [3.05, 3.63) is 50.3 Å². The van der Waals surface area contributed by atoms with Crippen LogP contribution in [0.15, 0.2) is 40.2 Å². The lowest BCUT2D eigenvalue weighted by molar-refractivity contribution is -0.384. The molecule has 76 valence electrons. The lowest BCUT2D eigenvalue weighted by Crippen LogP contribution is -1.87. The zero-order valence-corrected chi connectivity index (χ0v) is 9.92. The average Bonchev–Trinajstić information content (AvgIpc) is 2.65. The number of thiophene rings is 1. The lowest BCUT2D eigenvalue weighted by Gasteiger charge is -1.96. The van der Waals surface area contributed by atoms with Crippen LogP contribution in [0.25, 0.3) is 10.4 Å². The highest BCUT2D eigenvalue weighted by atomic mass is 79.9. The van der Waals surface area contributed by atoms with Crippen LogP contribution in [0.2, 0.25) is 0 Å². The highest BCUT2D eigenvalue weighted by molar-refractivity contribution is 9.11. The fourth-order valence-corrected chi connectivity index (χ4v) is 2.62. The molecule has 0 saturated heterocycles. The maximum Gasteiger partial charge on any atom is 0.270 e. The number of halogens is 1. The number of nitrogens with zero attached hydrogens (tertiary/aromatic N) is 1. The number of non-ortho nitro benzene ring substituents is 1. The van der Waals surface area contributed by atoms with E-state index in [1.54, 1.807) is 23.5 Å². The van der Waals surface area contributed by atoms with Crippen LogP contribution in [-0.4, -0.2) is 4.92 Å². The Hall–Kier alpha value is -1.20. The first kappa shape index (κ1) is 10.3. The van der Waals surface area contributed by atoms with Gasteiger partial charge < -0.3 is 0 Å². The van der Waals surface area contributed by atoms with Crippen molar-refractivity contribution in [1.29, 1.82) is 0 Å². The van der Waals surface area contributed by atoms with Crippen LogP contribution in [0.3, 0.4) is 0 Å². The summed E-state index contributed by atoms with van der Waals surface area (Å²) in [6.45, 7) is 0. The minimum Gasteiger partial charge on any atom is -0.258 e. The average molecular weight is 284 g/mol. The van der Waals surface area contributed by atoms with Crippen LogP contribution < -0.4 is 0 Å². The molecule has 0 radical (unpaired) electrons. The van der Waals surface area contributed by atoms with Crippen molar-refractivity contribution in [2.75, 3.05) is 0 Å². The predicted octanol–water partition coefficient (Wildman–Crippen LogP) is 4.09. The van der Waals surface area contributed by atoms with Gasteiger partial charge in [-0.2, -0.15) is 0 Å². The Balaban J connectivity index is 2.45. The minimum atomic E-state index is -0.383. The molecule has 0 unspecified atom stereocenters. The summed E-state index contributed by atoms with van der Waals surface area (Å²) >= 11 is 4.92. The molecule has 3 nitrogen and oxygen atoms in total. The van der Waals surface area contributed by atoms with Crippen molar-refractivity contribution in [3.8, 4) is 10.4 Å². The molecule has 0 spiro atoms. The number of rotatable bonds is 2. The SMILES string of the molecule is O=[N+]([O-])c1cccc(-c2ccc(Br)s2)c1. The Morgan fingerprint density at radius 3 is 2.67 bits per heavy atom. The third-order valence-corrected chi connectivity index (χ3v) is 3.59. The van der Waals surface area contributed by atoms with E-state index in [0.717, 1.165) is 14.2 Å². The van der Waals surface area contributed by atoms with Gasteiger partial charge in [0.25, 0.3) is 5.69 Å². The zero-order valence-electron chi connectivity index (χ0n) is 7.51. The summed E-state index contributed by atoms with van der Waals surface area (Å²) in [6, 6.07) is 10.5. The molecule has 0 N–H and O–H groups in total. The summed E-state index contributed by atoms with van der Waals surface area (Å²) in [4.78, 5) is 11.2. The van der Waals surface area contributed by atoms with Gasteiger partial charge in [-0.1, -0.05) is 12.1 Å². The van der Waals surface area contributed by atoms with Gasteiger partial charge in [-0.25, -0.2) is 0 Å². The van der Waals surface area contributed by atoms with Crippen LogP contribution >= 0.6 is 27.3 Å². The van der Waals surface area contributed by atoms with Crippen LogP contribution in [0.4, 0.5) is 5.69 Å².